The third-order valence-corrected chi connectivity index (χ3v) is 4.34. The Bertz CT molecular complexity index is 394. The summed E-state index contributed by atoms with van der Waals surface area (Å²) in [5.74, 6) is 0. The lowest BCUT2D eigenvalue weighted by Crippen LogP contribution is -2.60. The molecular formula is C13H22O9. The zero-order valence-electron chi connectivity index (χ0n) is 12.3. The summed E-state index contributed by atoms with van der Waals surface area (Å²) in [7, 11) is 1.37. The first-order valence-corrected chi connectivity index (χ1v) is 7.27. The van der Waals surface area contributed by atoms with Gasteiger partial charge >= 0.3 is 0 Å². The minimum Gasteiger partial charge on any atom is -0.394 e. The Labute approximate surface area is 127 Å². The van der Waals surface area contributed by atoms with Gasteiger partial charge in [0.05, 0.1) is 12.7 Å². The highest BCUT2D eigenvalue weighted by atomic mass is 16.8. The van der Waals surface area contributed by atoms with E-state index in [0.717, 1.165) is 0 Å². The topological polar surface area (TPSA) is 130 Å². The number of epoxide rings is 1. The maximum absolute atomic E-state index is 10.2. The Morgan fingerprint density at radius 1 is 0.909 bits per heavy atom. The standard InChI is InChI=1S/C13H22O9/c1-4-9(7(16)8(17)12(18-2)19-4)22-13-11-10(21-11)6(15)5(3-14)20-13/h4-17H,3H2,1-2H3/t4-,5-,6-,7-,8-,9-,10-,11-,12+,13-/m1/s1. The number of fused-ring (bicyclic) bond motifs is 1. The molecule has 3 aliphatic rings. The summed E-state index contributed by atoms with van der Waals surface area (Å²) in [5.41, 5.74) is 0. The third-order valence-electron chi connectivity index (χ3n) is 4.34. The van der Waals surface area contributed by atoms with Crippen molar-refractivity contribution in [3.63, 3.8) is 0 Å². The molecule has 0 unspecified atom stereocenters. The van der Waals surface area contributed by atoms with E-state index >= 15 is 0 Å². The molecule has 4 N–H and O–H groups in total. The summed E-state index contributed by atoms with van der Waals surface area (Å²) in [4.78, 5) is 0. The van der Waals surface area contributed by atoms with Crippen molar-refractivity contribution in [3.05, 3.63) is 0 Å². The van der Waals surface area contributed by atoms with Crippen molar-refractivity contribution in [2.45, 2.75) is 68.3 Å². The van der Waals surface area contributed by atoms with Gasteiger partial charge in [-0.2, -0.15) is 0 Å². The van der Waals surface area contributed by atoms with E-state index in [-0.39, 0.29) is 6.61 Å². The normalized spacial score (nSPS) is 54.8. The van der Waals surface area contributed by atoms with Crippen molar-refractivity contribution in [3.8, 4) is 0 Å². The molecule has 10 atom stereocenters. The molecule has 3 fully saturated rings. The monoisotopic (exact) mass is 322 g/mol. The minimum absolute atomic E-state index is 0.374. The lowest BCUT2D eigenvalue weighted by molar-refractivity contribution is -0.325. The van der Waals surface area contributed by atoms with Gasteiger partial charge in [0.1, 0.15) is 42.7 Å². The van der Waals surface area contributed by atoms with Crippen molar-refractivity contribution in [2.24, 2.45) is 0 Å². The average Bonchev–Trinajstić information content (AvgIpc) is 3.30. The highest BCUT2D eigenvalue weighted by Crippen LogP contribution is 2.39. The zero-order chi connectivity index (χ0) is 16.0. The van der Waals surface area contributed by atoms with Crippen LogP contribution in [0.1, 0.15) is 6.92 Å². The van der Waals surface area contributed by atoms with E-state index in [0.29, 0.717) is 0 Å². The largest absolute Gasteiger partial charge is 0.394 e. The molecule has 3 heterocycles. The van der Waals surface area contributed by atoms with Crippen molar-refractivity contribution < 1.29 is 44.1 Å². The molecule has 3 saturated heterocycles. The van der Waals surface area contributed by atoms with Crippen LogP contribution in [-0.2, 0) is 23.7 Å². The van der Waals surface area contributed by atoms with E-state index in [9.17, 15) is 20.4 Å². The summed E-state index contributed by atoms with van der Waals surface area (Å²) >= 11 is 0. The zero-order valence-corrected chi connectivity index (χ0v) is 12.3. The smallest absolute Gasteiger partial charge is 0.187 e. The van der Waals surface area contributed by atoms with Crippen LogP contribution in [0.25, 0.3) is 0 Å². The average molecular weight is 322 g/mol. The molecule has 22 heavy (non-hydrogen) atoms. The first kappa shape index (κ1) is 16.5. The van der Waals surface area contributed by atoms with Crippen LogP contribution in [0.15, 0.2) is 0 Å². The fourth-order valence-electron chi connectivity index (χ4n) is 2.98. The van der Waals surface area contributed by atoms with Gasteiger partial charge in [-0.15, -0.1) is 0 Å². The third kappa shape index (κ3) is 2.77. The van der Waals surface area contributed by atoms with E-state index < -0.39 is 61.4 Å². The summed E-state index contributed by atoms with van der Waals surface area (Å²) < 4.78 is 26.8. The Kier molecular flexibility index (Phi) is 4.70. The fraction of sp³-hybridized carbons (Fsp3) is 1.00. The van der Waals surface area contributed by atoms with Gasteiger partial charge in [0.2, 0.25) is 0 Å². The van der Waals surface area contributed by atoms with Gasteiger partial charge in [-0.1, -0.05) is 0 Å². The Morgan fingerprint density at radius 2 is 1.64 bits per heavy atom. The van der Waals surface area contributed by atoms with Crippen molar-refractivity contribution in [1.29, 1.82) is 0 Å². The predicted octanol–water partition coefficient (Wildman–Crippen LogP) is -2.67. The van der Waals surface area contributed by atoms with E-state index in [1.807, 2.05) is 0 Å². The van der Waals surface area contributed by atoms with Gasteiger partial charge in [-0.3, -0.25) is 0 Å². The molecule has 0 aromatic rings. The van der Waals surface area contributed by atoms with Gasteiger partial charge in [0.25, 0.3) is 0 Å². The Morgan fingerprint density at radius 3 is 2.27 bits per heavy atom. The number of methoxy groups -OCH3 is 1. The molecular weight excluding hydrogens is 300 g/mol. The van der Waals surface area contributed by atoms with Crippen LogP contribution in [0.4, 0.5) is 0 Å². The number of aliphatic hydroxyl groups excluding tert-OH is 4. The lowest BCUT2D eigenvalue weighted by atomic mass is 9.99. The molecule has 0 spiro atoms. The van der Waals surface area contributed by atoms with Crippen LogP contribution in [0.5, 0.6) is 0 Å². The first-order chi connectivity index (χ1) is 10.5. The number of aliphatic hydroxyl groups is 4. The number of ether oxygens (including phenoxy) is 5. The van der Waals surface area contributed by atoms with Crippen molar-refractivity contribution >= 4 is 0 Å². The second-order valence-corrected chi connectivity index (χ2v) is 5.81. The van der Waals surface area contributed by atoms with Crippen LogP contribution < -0.4 is 0 Å². The molecule has 9 nitrogen and oxygen atoms in total. The summed E-state index contributed by atoms with van der Waals surface area (Å²) in [6.07, 6.45) is -8.34. The minimum atomic E-state index is -1.26. The fourth-order valence-corrected chi connectivity index (χ4v) is 2.98. The van der Waals surface area contributed by atoms with Gasteiger partial charge in [0.15, 0.2) is 12.6 Å². The SMILES string of the molecule is CO[C@H]1O[C@H](C)[C@@H](O[C@H]2O[C@H](CO)[C@@H](O)[C@H]3O[C@@H]23)[C@H](O)[C@H]1O. The highest BCUT2D eigenvalue weighted by Gasteiger charge is 2.59. The van der Waals surface area contributed by atoms with Crippen LogP contribution in [0.3, 0.4) is 0 Å². The van der Waals surface area contributed by atoms with E-state index in [4.69, 9.17) is 23.7 Å². The molecule has 3 aliphatic heterocycles. The first-order valence-electron chi connectivity index (χ1n) is 7.27. The summed E-state index contributed by atoms with van der Waals surface area (Å²) in [6.45, 7) is 1.31. The van der Waals surface area contributed by atoms with Gasteiger partial charge < -0.3 is 44.1 Å². The maximum Gasteiger partial charge on any atom is 0.187 e. The molecule has 0 radical (unpaired) electrons. The number of hydrogen-bond donors (Lipinski definition) is 4. The van der Waals surface area contributed by atoms with Crippen molar-refractivity contribution in [1.82, 2.24) is 0 Å². The molecule has 9 heteroatoms. The molecule has 3 rings (SSSR count). The van der Waals surface area contributed by atoms with E-state index in [1.165, 1.54) is 7.11 Å². The Hall–Kier alpha value is -0.360. The number of hydrogen-bond acceptors (Lipinski definition) is 9. The second kappa shape index (κ2) is 6.27. The predicted molar refractivity (Wildman–Crippen MR) is 68.6 cm³/mol. The van der Waals surface area contributed by atoms with Crippen LogP contribution in [0.2, 0.25) is 0 Å². The van der Waals surface area contributed by atoms with E-state index in [1.54, 1.807) is 6.92 Å². The molecule has 128 valence electrons. The molecule has 0 amide bonds. The summed E-state index contributed by atoms with van der Waals surface area (Å²) in [5, 5.41) is 39.2. The second-order valence-electron chi connectivity index (χ2n) is 5.81. The van der Waals surface area contributed by atoms with Crippen LogP contribution in [-0.4, -0.2) is 95.6 Å². The van der Waals surface area contributed by atoms with E-state index in [2.05, 4.69) is 0 Å². The van der Waals surface area contributed by atoms with Gasteiger partial charge in [-0.25, -0.2) is 0 Å². The lowest BCUT2D eigenvalue weighted by Gasteiger charge is -2.42. The quantitative estimate of drug-likeness (QED) is 0.409. The van der Waals surface area contributed by atoms with Crippen molar-refractivity contribution in [2.75, 3.05) is 13.7 Å². The molecule has 0 saturated carbocycles. The van der Waals surface area contributed by atoms with Crippen LogP contribution >= 0.6 is 0 Å². The van der Waals surface area contributed by atoms with Gasteiger partial charge in [-0.05, 0) is 6.92 Å². The highest BCUT2D eigenvalue weighted by molar-refractivity contribution is 5.01. The molecule has 0 bridgehead atoms. The molecule has 0 aliphatic carbocycles. The van der Waals surface area contributed by atoms with Crippen LogP contribution in [0, 0.1) is 0 Å². The maximum atomic E-state index is 10.2. The summed E-state index contributed by atoms with van der Waals surface area (Å²) in [6, 6.07) is 0. The molecule has 0 aromatic carbocycles. The number of rotatable bonds is 4. The Balaban J connectivity index is 1.65. The van der Waals surface area contributed by atoms with Gasteiger partial charge in [0, 0.05) is 7.11 Å². The molecule has 0 aromatic heterocycles.